The monoisotopic (exact) mass is 278 g/mol. The van der Waals surface area contributed by atoms with Gasteiger partial charge in [-0.3, -0.25) is 10.1 Å². The van der Waals surface area contributed by atoms with Crippen molar-refractivity contribution >= 4 is 17.3 Å². The summed E-state index contributed by atoms with van der Waals surface area (Å²) in [4.78, 5) is 9.58. The van der Waals surface area contributed by atoms with Crippen molar-refractivity contribution in [3.63, 3.8) is 0 Å². The van der Waals surface area contributed by atoms with Gasteiger partial charge in [0.2, 0.25) is 5.82 Å². The number of nitro groups is 1. The van der Waals surface area contributed by atoms with Crippen LogP contribution in [0.3, 0.4) is 0 Å². The molecule has 1 rings (SSSR count). The molecule has 0 saturated carbocycles. The van der Waals surface area contributed by atoms with E-state index in [2.05, 4.69) is 5.32 Å². The molecular formula is C10H12ClFN2O4. The van der Waals surface area contributed by atoms with Crippen LogP contribution in [0.4, 0.5) is 10.1 Å². The Balaban J connectivity index is 2.79. The average Bonchev–Trinajstić information content (AvgIpc) is 2.29. The predicted molar refractivity (Wildman–Crippen MR) is 63.5 cm³/mol. The summed E-state index contributed by atoms with van der Waals surface area (Å²) in [5.74, 6) is -1.09. The number of aliphatic hydroxyl groups excluding tert-OH is 1. The zero-order chi connectivity index (χ0) is 13.7. The van der Waals surface area contributed by atoms with Gasteiger partial charge in [0.05, 0.1) is 9.95 Å². The molecule has 1 aromatic carbocycles. The number of aliphatic hydroxyl groups is 1. The molecule has 0 aliphatic heterocycles. The summed E-state index contributed by atoms with van der Waals surface area (Å²) in [5.41, 5.74) is -0.719. The number of hydrogen-bond acceptors (Lipinski definition) is 5. The summed E-state index contributed by atoms with van der Waals surface area (Å²) in [6.45, 7) is 0.199. The number of nitro benzene ring substituents is 1. The molecule has 1 unspecified atom stereocenters. The zero-order valence-corrected chi connectivity index (χ0v) is 10.3. The van der Waals surface area contributed by atoms with Gasteiger partial charge in [-0.1, -0.05) is 11.6 Å². The summed E-state index contributed by atoms with van der Waals surface area (Å²) >= 11 is 5.71. The second-order valence-corrected chi connectivity index (χ2v) is 3.92. The maximum absolute atomic E-state index is 13.3. The molecule has 2 N–H and O–H groups in total. The number of benzene rings is 1. The number of hydrogen-bond donors (Lipinski definition) is 2. The van der Waals surface area contributed by atoms with Gasteiger partial charge in [0.25, 0.3) is 0 Å². The lowest BCUT2D eigenvalue weighted by molar-refractivity contribution is -0.387. The number of nitrogens with one attached hydrogen (secondary N) is 1. The molecule has 8 heteroatoms. The largest absolute Gasteiger partial charge is 0.489 e. The first-order valence-corrected chi connectivity index (χ1v) is 5.42. The molecule has 0 aliphatic rings. The Hall–Kier alpha value is -1.44. The molecule has 1 aromatic rings. The van der Waals surface area contributed by atoms with Crippen molar-refractivity contribution in [3.05, 3.63) is 33.1 Å². The van der Waals surface area contributed by atoms with Gasteiger partial charge in [-0.25, -0.2) is 0 Å². The van der Waals surface area contributed by atoms with Gasteiger partial charge in [0, 0.05) is 18.7 Å². The lowest BCUT2D eigenvalue weighted by atomic mass is 10.3. The standard InChI is InChI=1S/C10H12ClFN2O4/c1-13-4-6(15)5-18-10-3-8(12)9(14(16)17)2-7(10)11/h2-3,6,13,15H,4-5H2,1H3. The second-order valence-electron chi connectivity index (χ2n) is 3.51. The maximum atomic E-state index is 13.3. The zero-order valence-electron chi connectivity index (χ0n) is 9.52. The number of rotatable bonds is 6. The molecule has 0 spiro atoms. The fourth-order valence-electron chi connectivity index (χ4n) is 1.25. The van der Waals surface area contributed by atoms with E-state index in [-0.39, 0.29) is 17.4 Å². The molecule has 100 valence electrons. The summed E-state index contributed by atoms with van der Waals surface area (Å²) < 4.78 is 18.4. The van der Waals surface area contributed by atoms with Gasteiger partial charge in [-0.2, -0.15) is 4.39 Å². The van der Waals surface area contributed by atoms with Crippen LogP contribution in [0.1, 0.15) is 0 Å². The normalized spacial score (nSPS) is 12.2. The van der Waals surface area contributed by atoms with Crippen LogP contribution in [0.15, 0.2) is 12.1 Å². The van der Waals surface area contributed by atoms with Crippen molar-refractivity contribution in [2.24, 2.45) is 0 Å². The van der Waals surface area contributed by atoms with Gasteiger partial charge < -0.3 is 15.2 Å². The van der Waals surface area contributed by atoms with Gasteiger partial charge in [0.15, 0.2) is 0 Å². The fourth-order valence-corrected chi connectivity index (χ4v) is 1.46. The van der Waals surface area contributed by atoms with Gasteiger partial charge in [-0.15, -0.1) is 0 Å². The van der Waals surface area contributed by atoms with Crippen LogP contribution in [0.5, 0.6) is 5.75 Å². The summed E-state index contributed by atoms with van der Waals surface area (Å²) in [6.07, 6.45) is -0.788. The first kappa shape index (κ1) is 14.6. The minimum absolute atomic E-state index is 0.0464. The third-order valence-electron chi connectivity index (χ3n) is 2.07. The predicted octanol–water partition coefficient (Wildman–Crippen LogP) is 1.35. The second kappa shape index (κ2) is 6.48. The van der Waals surface area contributed by atoms with E-state index < -0.39 is 22.5 Å². The summed E-state index contributed by atoms with van der Waals surface area (Å²) in [7, 11) is 1.65. The van der Waals surface area contributed by atoms with Crippen LogP contribution < -0.4 is 10.1 Å². The highest BCUT2D eigenvalue weighted by molar-refractivity contribution is 6.32. The molecule has 0 fully saturated rings. The number of likely N-dealkylation sites (N-methyl/N-ethyl adjacent to an activating group) is 1. The van der Waals surface area contributed by atoms with Gasteiger partial charge in [0.1, 0.15) is 18.5 Å². The van der Waals surface area contributed by atoms with Crippen molar-refractivity contribution < 1.29 is 19.2 Å². The average molecular weight is 279 g/mol. The minimum atomic E-state index is -1.04. The van der Waals surface area contributed by atoms with Gasteiger partial charge >= 0.3 is 5.69 Å². The molecule has 18 heavy (non-hydrogen) atoms. The SMILES string of the molecule is CNCC(O)COc1cc(F)c([N+](=O)[O-])cc1Cl. The molecule has 0 heterocycles. The summed E-state index contributed by atoms with van der Waals surface area (Å²) in [5, 5.41) is 22.5. The molecule has 0 saturated heterocycles. The maximum Gasteiger partial charge on any atom is 0.306 e. The van der Waals surface area contributed by atoms with Crippen LogP contribution in [0, 0.1) is 15.9 Å². The topological polar surface area (TPSA) is 84.6 Å². The third-order valence-corrected chi connectivity index (χ3v) is 2.36. The van der Waals surface area contributed by atoms with E-state index in [4.69, 9.17) is 16.3 Å². The van der Waals surface area contributed by atoms with Crippen LogP contribution in [-0.2, 0) is 0 Å². The molecular weight excluding hydrogens is 267 g/mol. The van der Waals surface area contributed by atoms with Crippen molar-refractivity contribution in [2.45, 2.75) is 6.10 Å². The van der Waals surface area contributed by atoms with E-state index in [1.807, 2.05) is 0 Å². The Labute approximate surface area is 107 Å². The Morgan fingerprint density at radius 2 is 2.33 bits per heavy atom. The van der Waals surface area contributed by atoms with Crippen LogP contribution in [0.2, 0.25) is 5.02 Å². The number of nitrogens with zero attached hydrogens (tertiary/aromatic N) is 1. The summed E-state index contributed by atoms with van der Waals surface area (Å²) in [6, 6.07) is 1.70. The molecule has 6 nitrogen and oxygen atoms in total. The van der Waals surface area contributed by atoms with E-state index in [0.717, 1.165) is 12.1 Å². The van der Waals surface area contributed by atoms with Gasteiger partial charge in [-0.05, 0) is 7.05 Å². The van der Waals surface area contributed by atoms with Crippen molar-refractivity contribution in [2.75, 3.05) is 20.2 Å². The molecule has 0 bridgehead atoms. The van der Waals surface area contributed by atoms with Crippen LogP contribution in [0.25, 0.3) is 0 Å². The fraction of sp³-hybridized carbons (Fsp3) is 0.400. The smallest absolute Gasteiger partial charge is 0.306 e. The van der Waals surface area contributed by atoms with Crippen LogP contribution in [-0.4, -0.2) is 36.3 Å². The Morgan fingerprint density at radius 1 is 1.67 bits per heavy atom. The molecule has 0 aromatic heterocycles. The molecule has 0 amide bonds. The third kappa shape index (κ3) is 3.80. The van der Waals surface area contributed by atoms with Crippen molar-refractivity contribution in [1.82, 2.24) is 5.32 Å². The van der Waals surface area contributed by atoms with E-state index in [0.29, 0.717) is 6.54 Å². The number of ether oxygens (including phenoxy) is 1. The van der Waals surface area contributed by atoms with Crippen molar-refractivity contribution in [3.8, 4) is 5.75 Å². The van der Waals surface area contributed by atoms with Crippen molar-refractivity contribution in [1.29, 1.82) is 0 Å². The lowest BCUT2D eigenvalue weighted by Gasteiger charge is -2.12. The van der Waals surface area contributed by atoms with E-state index in [1.54, 1.807) is 7.05 Å². The van der Waals surface area contributed by atoms with E-state index in [9.17, 15) is 19.6 Å². The first-order chi connectivity index (χ1) is 8.45. The Bertz CT molecular complexity index is 444. The van der Waals surface area contributed by atoms with E-state index >= 15 is 0 Å². The lowest BCUT2D eigenvalue weighted by Crippen LogP contribution is -2.29. The highest BCUT2D eigenvalue weighted by atomic mass is 35.5. The molecule has 1 atom stereocenters. The van der Waals surface area contributed by atoms with E-state index in [1.165, 1.54) is 0 Å². The Kier molecular flexibility index (Phi) is 5.26. The minimum Gasteiger partial charge on any atom is -0.489 e. The number of halogens is 2. The Morgan fingerprint density at radius 3 is 2.89 bits per heavy atom. The quantitative estimate of drug-likeness (QED) is 0.606. The molecule has 0 radical (unpaired) electrons. The highest BCUT2D eigenvalue weighted by Crippen LogP contribution is 2.31. The van der Waals surface area contributed by atoms with Crippen LogP contribution >= 0.6 is 11.6 Å². The highest BCUT2D eigenvalue weighted by Gasteiger charge is 2.18. The first-order valence-electron chi connectivity index (χ1n) is 5.04. The molecule has 0 aliphatic carbocycles.